The molecule has 0 aliphatic carbocycles. The van der Waals surface area contributed by atoms with Crippen molar-refractivity contribution in [3.63, 3.8) is 0 Å². The highest BCUT2D eigenvalue weighted by molar-refractivity contribution is 7.91. The lowest BCUT2D eigenvalue weighted by atomic mass is 9.95. The van der Waals surface area contributed by atoms with E-state index in [-0.39, 0.29) is 11.5 Å². The van der Waals surface area contributed by atoms with Gasteiger partial charge in [0.05, 0.1) is 0 Å². The van der Waals surface area contributed by atoms with E-state index in [0.29, 0.717) is 17.3 Å². The summed E-state index contributed by atoms with van der Waals surface area (Å²) in [6.07, 6.45) is 1.77. The number of rotatable bonds is 3. The Labute approximate surface area is 119 Å². The van der Waals surface area contributed by atoms with Gasteiger partial charge in [0.15, 0.2) is 0 Å². The minimum absolute atomic E-state index is 0.0171. The third kappa shape index (κ3) is 2.86. The van der Waals surface area contributed by atoms with E-state index in [0.717, 1.165) is 17.7 Å². The second kappa shape index (κ2) is 5.16. The Morgan fingerprint density at radius 2 is 2.11 bits per heavy atom. The molecule has 2 rings (SSSR count). The van der Waals surface area contributed by atoms with Crippen LogP contribution in [0.15, 0.2) is 16.3 Å². The summed E-state index contributed by atoms with van der Waals surface area (Å²) < 4.78 is 27.3. The Morgan fingerprint density at radius 3 is 2.63 bits per heavy atom. The van der Waals surface area contributed by atoms with Crippen molar-refractivity contribution in [2.24, 2.45) is 5.73 Å². The molecular formula is C13H22N2O2S2. The topological polar surface area (TPSA) is 63.4 Å². The lowest BCUT2D eigenvalue weighted by molar-refractivity contribution is 0.394. The summed E-state index contributed by atoms with van der Waals surface area (Å²) in [5.74, 6) is 0. The molecule has 0 spiro atoms. The predicted molar refractivity (Wildman–Crippen MR) is 79.0 cm³/mol. The van der Waals surface area contributed by atoms with Crippen molar-refractivity contribution >= 4 is 21.4 Å². The van der Waals surface area contributed by atoms with Crippen molar-refractivity contribution in [3.05, 3.63) is 17.0 Å². The largest absolute Gasteiger partial charge is 0.329 e. The molecule has 1 aliphatic heterocycles. The van der Waals surface area contributed by atoms with Crippen LogP contribution in [0.3, 0.4) is 0 Å². The molecule has 2 heterocycles. The number of nitrogens with two attached hydrogens (primary N) is 1. The first-order valence-electron chi connectivity index (χ1n) is 6.59. The number of sulfonamides is 1. The second-order valence-corrected chi connectivity index (χ2v) is 9.22. The second-order valence-electron chi connectivity index (χ2n) is 6.02. The van der Waals surface area contributed by atoms with Gasteiger partial charge in [0.1, 0.15) is 4.21 Å². The van der Waals surface area contributed by atoms with E-state index in [1.165, 1.54) is 11.3 Å². The summed E-state index contributed by atoms with van der Waals surface area (Å²) in [7, 11) is -3.37. The van der Waals surface area contributed by atoms with E-state index in [2.05, 4.69) is 20.8 Å². The van der Waals surface area contributed by atoms with Gasteiger partial charge in [-0.15, -0.1) is 11.3 Å². The smallest absolute Gasteiger partial charge is 0.252 e. The van der Waals surface area contributed by atoms with Gasteiger partial charge in [-0.1, -0.05) is 20.8 Å². The third-order valence-corrected chi connectivity index (χ3v) is 7.41. The highest BCUT2D eigenvalue weighted by Crippen LogP contribution is 2.34. The monoisotopic (exact) mass is 302 g/mol. The first-order chi connectivity index (χ1) is 8.76. The van der Waals surface area contributed by atoms with E-state index in [4.69, 9.17) is 5.73 Å². The fourth-order valence-electron chi connectivity index (χ4n) is 2.34. The van der Waals surface area contributed by atoms with Crippen LogP contribution in [0.1, 0.15) is 38.5 Å². The summed E-state index contributed by atoms with van der Waals surface area (Å²) in [5.41, 5.74) is 5.65. The molecule has 4 nitrogen and oxygen atoms in total. The maximum absolute atomic E-state index is 12.6. The van der Waals surface area contributed by atoms with Gasteiger partial charge >= 0.3 is 0 Å². The summed E-state index contributed by atoms with van der Waals surface area (Å²) in [6, 6.07) is 3.61. The van der Waals surface area contributed by atoms with Crippen LogP contribution in [-0.2, 0) is 15.4 Å². The lowest BCUT2D eigenvalue weighted by Crippen LogP contribution is -2.39. The Hall–Kier alpha value is -0.430. The van der Waals surface area contributed by atoms with Crippen molar-refractivity contribution in [2.45, 2.75) is 49.3 Å². The Morgan fingerprint density at radius 1 is 1.42 bits per heavy atom. The van der Waals surface area contributed by atoms with Gasteiger partial charge in [0, 0.05) is 24.0 Å². The van der Waals surface area contributed by atoms with E-state index in [9.17, 15) is 8.42 Å². The lowest BCUT2D eigenvalue weighted by Gasteiger charge is -2.22. The van der Waals surface area contributed by atoms with Crippen molar-refractivity contribution < 1.29 is 8.42 Å². The molecule has 108 valence electrons. The van der Waals surface area contributed by atoms with Gasteiger partial charge in [-0.25, -0.2) is 8.42 Å². The zero-order valence-electron chi connectivity index (χ0n) is 11.7. The molecule has 1 aromatic heterocycles. The van der Waals surface area contributed by atoms with E-state index in [1.54, 1.807) is 10.4 Å². The van der Waals surface area contributed by atoms with E-state index in [1.807, 2.05) is 6.07 Å². The normalized spacial score (nSPS) is 22.0. The molecule has 0 aromatic carbocycles. The number of hydrogen-bond donors (Lipinski definition) is 1. The highest BCUT2D eigenvalue weighted by Gasteiger charge is 2.35. The molecule has 0 bridgehead atoms. The zero-order valence-corrected chi connectivity index (χ0v) is 13.4. The molecule has 1 fully saturated rings. The standard InChI is InChI=1S/C13H22N2O2S2/c1-13(2,3)11-6-7-12(18-11)19(16,17)15-8-4-5-10(15)9-14/h6-7,10H,4-5,8-9,14H2,1-3H3. The summed E-state index contributed by atoms with van der Waals surface area (Å²) >= 11 is 1.38. The minimum Gasteiger partial charge on any atom is -0.329 e. The van der Waals surface area contributed by atoms with Gasteiger partial charge < -0.3 is 5.73 Å². The first-order valence-corrected chi connectivity index (χ1v) is 8.84. The van der Waals surface area contributed by atoms with Crippen molar-refractivity contribution in [2.75, 3.05) is 13.1 Å². The van der Waals surface area contributed by atoms with Crippen LogP contribution in [0, 0.1) is 0 Å². The number of hydrogen-bond acceptors (Lipinski definition) is 4. The van der Waals surface area contributed by atoms with Gasteiger partial charge in [0.25, 0.3) is 10.0 Å². The molecule has 1 unspecified atom stereocenters. The number of thiophene rings is 1. The summed E-state index contributed by atoms with van der Waals surface area (Å²) in [5, 5.41) is 0. The maximum Gasteiger partial charge on any atom is 0.252 e. The van der Waals surface area contributed by atoms with Crippen LogP contribution in [0.25, 0.3) is 0 Å². The van der Waals surface area contributed by atoms with Crippen LogP contribution in [-0.4, -0.2) is 31.9 Å². The van der Waals surface area contributed by atoms with Gasteiger partial charge in [-0.05, 0) is 30.4 Å². The molecule has 1 aromatic rings. The molecule has 19 heavy (non-hydrogen) atoms. The average molecular weight is 302 g/mol. The predicted octanol–water partition coefficient (Wildman–Crippen LogP) is 2.16. The molecule has 6 heteroatoms. The summed E-state index contributed by atoms with van der Waals surface area (Å²) in [6.45, 7) is 7.26. The van der Waals surface area contributed by atoms with Crippen molar-refractivity contribution in [3.8, 4) is 0 Å². The minimum atomic E-state index is -3.37. The molecule has 1 saturated heterocycles. The molecule has 1 atom stereocenters. The molecule has 0 amide bonds. The first kappa shape index (κ1) is 15.0. The number of nitrogens with zero attached hydrogens (tertiary/aromatic N) is 1. The zero-order chi connectivity index (χ0) is 14.3. The van der Waals surface area contributed by atoms with Gasteiger partial charge in [-0.3, -0.25) is 0 Å². The Kier molecular flexibility index (Phi) is 4.07. The van der Waals surface area contributed by atoms with Crippen LogP contribution < -0.4 is 5.73 Å². The van der Waals surface area contributed by atoms with Crippen LogP contribution in [0.4, 0.5) is 0 Å². The van der Waals surface area contributed by atoms with E-state index >= 15 is 0 Å². The van der Waals surface area contributed by atoms with Crippen molar-refractivity contribution in [1.82, 2.24) is 4.31 Å². The fraction of sp³-hybridized carbons (Fsp3) is 0.692. The van der Waals surface area contributed by atoms with Crippen LogP contribution >= 0.6 is 11.3 Å². The Balaban J connectivity index is 2.32. The highest BCUT2D eigenvalue weighted by atomic mass is 32.2. The quantitative estimate of drug-likeness (QED) is 0.930. The Bertz CT molecular complexity index is 543. The summed E-state index contributed by atoms with van der Waals surface area (Å²) in [4.78, 5) is 1.09. The van der Waals surface area contributed by atoms with Crippen LogP contribution in [0.5, 0.6) is 0 Å². The maximum atomic E-state index is 12.6. The molecule has 1 aliphatic rings. The molecule has 0 saturated carbocycles. The average Bonchev–Trinajstić information content (AvgIpc) is 2.97. The van der Waals surface area contributed by atoms with Gasteiger partial charge in [0.2, 0.25) is 0 Å². The van der Waals surface area contributed by atoms with Crippen LogP contribution in [0.2, 0.25) is 0 Å². The third-order valence-electron chi connectivity index (χ3n) is 3.48. The fourth-order valence-corrected chi connectivity index (χ4v) is 5.54. The molecule has 2 N–H and O–H groups in total. The van der Waals surface area contributed by atoms with Gasteiger partial charge in [-0.2, -0.15) is 4.31 Å². The van der Waals surface area contributed by atoms with E-state index < -0.39 is 10.0 Å². The molecular weight excluding hydrogens is 280 g/mol. The SMILES string of the molecule is CC(C)(C)c1ccc(S(=O)(=O)N2CCCC2CN)s1. The molecule has 0 radical (unpaired) electrons. The van der Waals surface area contributed by atoms with Crippen molar-refractivity contribution in [1.29, 1.82) is 0 Å².